The van der Waals surface area contributed by atoms with Crippen molar-refractivity contribution in [3.05, 3.63) is 72.6 Å². The molecule has 1 atom stereocenters. The van der Waals surface area contributed by atoms with Gasteiger partial charge in [0, 0.05) is 31.2 Å². The number of hydrogen-bond acceptors (Lipinski definition) is 5. The molecule has 2 aromatic carbocycles. The van der Waals surface area contributed by atoms with E-state index in [1.165, 1.54) is 6.42 Å². The first-order valence-electron chi connectivity index (χ1n) is 9.89. The van der Waals surface area contributed by atoms with Crippen LogP contribution in [-0.2, 0) is 0 Å². The van der Waals surface area contributed by atoms with Gasteiger partial charge in [0.15, 0.2) is 0 Å². The SMILES string of the molecule is CC1CCCN(c2ncc(C(=O)Nc3ccc(Oc4ccccc4)cc3)cn2)C1. The number of amides is 1. The van der Waals surface area contributed by atoms with Gasteiger partial charge in [-0.2, -0.15) is 0 Å². The lowest BCUT2D eigenvalue weighted by atomic mass is 10.0. The zero-order chi connectivity index (χ0) is 20.1. The number of anilines is 2. The number of aromatic nitrogens is 2. The third-order valence-corrected chi connectivity index (χ3v) is 4.93. The van der Waals surface area contributed by atoms with Crippen molar-refractivity contribution < 1.29 is 9.53 Å². The van der Waals surface area contributed by atoms with Gasteiger partial charge in [-0.3, -0.25) is 4.79 Å². The first-order valence-corrected chi connectivity index (χ1v) is 9.89. The predicted octanol–water partition coefficient (Wildman–Crippen LogP) is 4.76. The van der Waals surface area contributed by atoms with Crippen molar-refractivity contribution in [1.82, 2.24) is 9.97 Å². The Bertz CT molecular complexity index is 943. The zero-order valence-electron chi connectivity index (χ0n) is 16.4. The van der Waals surface area contributed by atoms with Gasteiger partial charge in [0.1, 0.15) is 11.5 Å². The van der Waals surface area contributed by atoms with Crippen LogP contribution >= 0.6 is 0 Å². The lowest BCUT2D eigenvalue weighted by molar-refractivity contribution is 0.102. The van der Waals surface area contributed by atoms with Crippen LogP contribution in [0.5, 0.6) is 11.5 Å². The van der Waals surface area contributed by atoms with Gasteiger partial charge in [-0.05, 0) is 55.2 Å². The van der Waals surface area contributed by atoms with Crippen LogP contribution in [0.2, 0.25) is 0 Å². The fourth-order valence-corrected chi connectivity index (χ4v) is 3.41. The van der Waals surface area contributed by atoms with E-state index in [2.05, 4.69) is 27.1 Å². The Kier molecular flexibility index (Phi) is 5.70. The average Bonchev–Trinajstić information content (AvgIpc) is 2.76. The van der Waals surface area contributed by atoms with Crippen molar-refractivity contribution in [1.29, 1.82) is 0 Å². The molecule has 2 heterocycles. The summed E-state index contributed by atoms with van der Waals surface area (Å²) in [6.45, 7) is 4.17. The number of hydrogen-bond donors (Lipinski definition) is 1. The third-order valence-electron chi connectivity index (χ3n) is 4.93. The lowest BCUT2D eigenvalue weighted by Crippen LogP contribution is -2.35. The van der Waals surface area contributed by atoms with E-state index < -0.39 is 0 Å². The summed E-state index contributed by atoms with van der Waals surface area (Å²) in [5.41, 5.74) is 1.12. The number of piperidine rings is 1. The highest BCUT2D eigenvalue weighted by molar-refractivity contribution is 6.03. The first-order chi connectivity index (χ1) is 14.2. The molecule has 1 amide bonds. The summed E-state index contributed by atoms with van der Waals surface area (Å²) >= 11 is 0. The van der Waals surface area contributed by atoms with Crippen molar-refractivity contribution in [3.8, 4) is 11.5 Å². The van der Waals surface area contributed by atoms with Gasteiger partial charge in [-0.25, -0.2) is 9.97 Å². The van der Waals surface area contributed by atoms with Crippen molar-refractivity contribution in [2.24, 2.45) is 5.92 Å². The maximum absolute atomic E-state index is 12.5. The Balaban J connectivity index is 1.36. The van der Waals surface area contributed by atoms with Crippen molar-refractivity contribution >= 4 is 17.5 Å². The fraction of sp³-hybridized carbons (Fsp3) is 0.261. The zero-order valence-corrected chi connectivity index (χ0v) is 16.4. The normalized spacial score (nSPS) is 16.3. The molecule has 0 saturated carbocycles. The molecule has 1 aliphatic heterocycles. The van der Waals surface area contributed by atoms with E-state index >= 15 is 0 Å². The van der Waals surface area contributed by atoms with Gasteiger partial charge in [0.2, 0.25) is 5.95 Å². The van der Waals surface area contributed by atoms with E-state index in [0.29, 0.717) is 28.9 Å². The Labute approximate surface area is 170 Å². The second-order valence-corrected chi connectivity index (χ2v) is 7.36. The molecule has 29 heavy (non-hydrogen) atoms. The number of benzene rings is 2. The smallest absolute Gasteiger partial charge is 0.258 e. The number of nitrogens with zero attached hydrogens (tertiary/aromatic N) is 3. The van der Waals surface area contributed by atoms with Crippen LogP contribution < -0.4 is 15.0 Å². The van der Waals surface area contributed by atoms with Crippen LogP contribution in [0.15, 0.2) is 67.0 Å². The van der Waals surface area contributed by atoms with Gasteiger partial charge in [-0.1, -0.05) is 25.1 Å². The molecule has 0 radical (unpaired) electrons. The Morgan fingerprint density at radius 3 is 2.41 bits per heavy atom. The molecule has 1 unspecified atom stereocenters. The predicted molar refractivity (Wildman–Crippen MR) is 114 cm³/mol. The summed E-state index contributed by atoms with van der Waals surface area (Å²) in [7, 11) is 0. The van der Waals surface area contributed by atoms with Gasteiger partial charge < -0.3 is 15.0 Å². The fourth-order valence-electron chi connectivity index (χ4n) is 3.41. The van der Waals surface area contributed by atoms with Gasteiger partial charge >= 0.3 is 0 Å². The summed E-state index contributed by atoms with van der Waals surface area (Å²) < 4.78 is 5.76. The maximum atomic E-state index is 12.5. The molecule has 1 N–H and O–H groups in total. The quantitative estimate of drug-likeness (QED) is 0.683. The maximum Gasteiger partial charge on any atom is 0.258 e. The second-order valence-electron chi connectivity index (χ2n) is 7.36. The van der Waals surface area contributed by atoms with Crippen molar-refractivity contribution in [2.75, 3.05) is 23.3 Å². The summed E-state index contributed by atoms with van der Waals surface area (Å²) in [4.78, 5) is 23.5. The number of carbonyl (C=O) groups is 1. The first kappa shape index (κ1) is 18.9. The third kappa shape index (κ3) is 4.90. The summed E-state index contributed by atoms with van der Waals surface area (Å²) in [5, 5.41) is 2.87. The standard InChI is InChI=1S/C23H24N4O2/c1-17-6-5-13-27(16-17)23-24-14-18(15-25-23)22(28)26-19-9-11-21(12-10-19)29-20-7-3-2-4-8-20/h2-4,7-12,14-15,17H,5-6,13,16H2,1H3,(H,26,28). The molecule has 1 aliphatic rings. The monoisotopic (exact) mass is 388 g/mol. The highest BCUT2D eigenvalue weighted by Crippen LogP contribution is 2.23. The largest absolute Gasteiger partial charge is 0.457 e. The molecule has 3 aromatic rings. The number of para-hydroxylation sites is 1. The molecule has 0 bridgehead atoms. The highest BCUT2D eigenvalue weighted by Gasteiger charge is 2.19. The van der Waals surface area contributed by atoms with E-state index in [9.17, 15) is 4.79 Å². The van der Waals surface area contributed by atoms with Gasteiger partial charge in [-0.15, -0.1) is 0 Å². The molecular weight excluding hydrogens is 364 g/mol. The molecule has 4 rings (SSSR count). The molecular formula is C23H24N4O2. The number of nitrogens with one attached hydrogen (secondary N) is 1. The number of ether oxygens (including phenoxy) is 1. The van der Waals surface area contributed by atoms with Crippen molar-refractivity contribution in [3.63, 3.8) is 0 Å². The van der Waals surface area contributed by atoms with E-state index in [-0.39, 0.29) is 5.91 Å². The Hall–Kier alpha value is -3.41. The molecule has 1 saturated heterocycles. The van der Waals surface area contributed by atoms with E-state index in [0.717, 1.165) is 25.3 Å². The second kappa shape index (κ2) is 8.73. The van der Waals surface area contributed by atoms with Crippen LogP contribution in [0.25, 0.3) is 0 Å². The molecule has 6 nitrogen and oxygen atoms in total. The molecule has 1 fully saturated rings. The summed E-state index contributed by atoms with van der Waals surface area (Å²) in [6, 6.07) is 16.8. The van der Waals surface area contributed by atoms with Gasteiger partial charge in [0.25, 0.3) is 5.91 Å². The minimum Gasteiger partial charge on any atom is -0.457 e. The topological polar surface area (TPSA) is 67.4 Å². The average molecular weight is 388 g/mol. The van der Waals surface area contributed by atoms with Crippen LogP contribution in [0.3, 0.4) is 0 Å². The highest BCUT2D eigenvalue weighted by atomic mass is 16.5. The molecule has 6 heteroatoms. The lowest BCUT2D eigenvalue weighted by Gasteiger charge is -2.30. The minimum absolute atomic E-state index is 0.236. The number of rotatable bonds is 5. The Morgan fingerprint density at radius 2 is 1.72 bits per heavy atom. The van der Waals surface area contributed by atoms with Gasteiger partial charge in [0.05, 0.1) is 5.56 Å². The molecule has 0 aliphatic carbocycles. The van der Waals surface area contributed by atoms with E-state index in [1.807, 2.05) is 42.5 Å². The molecule has 1 aromatic heterocycles. The Morgan fingerprint density at radius 1 is 1.03 bits per heavy atom. The van der Waals surface area contributed by atoms with Crippen LogP contribution in [-0.4, -0.2) is 29.0 Å². The molecule has 148 valence electrons. The molecule has 0 spiro atoms. The van der Waals surface area contributed by atoms with Crippen LogP contribution in [0.1, 0.15) is 30.1 Å². The van der Waals surface area contributed by atoms with Crippen LogP contribution in [0.4, 0.5) is 11.6 Å². The van der Waals surface area contributed by atoms with E-state index in [4.69, 9.17) is 4.74 Å². The number of carbonyl (C=O) groups excluding carboxylic acids is 1. The van der Waals surface area contributed by atoms with Crippen LogP contribution in [0, 0.1) is 5.92 Å². The van der Waals surface area contributed by atoms with Crippen molar-refractivity contribution in [2.45, 2.75) is 19.8 Å². The minimum atomic E-state index is -0.236. The summed E-state index contributed by atoms with van der Waals surface area (Å²) in [6.07, 6.45) is 5.57. The summed E-state index contributed by atoms with van der Waals surface area (Å²) in [5.74, 6) is 2.57. The van der Waals surface area contributed by atoms with E-state index in [1.54, 1.807) is 24.5 Å².